The van der Waals surface area contributed by atoms with Gasteiger partial charge in [0.25, 0.3) is 5.91 Å². The third kappa shape index (κ3) is 5.04. The molecule has 0 atom stereocenters. The molecule has 1 aromatic heterocycles. The van der Waals surface area contributed by atoms with Crippen LogP contribution in [0.4, 0.5) is 5.82 Å². The van der Waals surface area contributed by atoms with Gasteiger partial charge in [0, 0.05) is 24.7 Å². The van der Waals surface area contributed by atoms with Crippen LogP contribution in [0.5, 0.6) is 5.75 Å². The maximum atomic E-state index is 12.4. The van der Waals surface area contributed by atoms with Crippen molar-refractivity contribution in [1.29, 1.82) is 0 Å². The minimum Gasteiger partial charge on any atom is -0.496 e. The number of rotatable bonds is 7. The van der Waals surface area contributed by atoms with Gasteiger partial charge in [-0.3, -0.25) is 4.79 Å². The molecule has 6 heteroatoms. The molecule has 0 aliphatic carbocycles. The lowest BCUT2D eigenvalue weighted by atomic mass is 10.1. The topological polar surface area (TPSA) is 76.1 Å². The van der Waals surface area contributed by atoms with Gasteiger partial charge in [-0.15, -0.1) is 0 Å². The third-order valence-electron chi connectivity index (χ3n) is 4.13. The quantitative estimate of drug-likeness (QED) is 0.674. The molecule has 1 heterocycles. The van der Waals surface area contributed by atoms with Gasteiger partial charge in [-0.05, 0) is 18.6 Å². The smallest absolute Gasteiger partial charge is 0.270 e. The van der Waals surface area contributed by atoms with Crippen molar-refractivity contribution in [3.05, 3.63) is 83.3 Å². The van der Waals surface area contributed by atoms with Crippen molar-refractivity contribution in [2.75, 3.05) is 12.4 Å². The fourth-order valence-electron chi connectivity index (χ4n) is 2.59. The summed E-state index contributed by atoms with van der Waals surface area (Å²) in [6.07, 6.45) is 1.38. The summed E-state index contributed by atoms with van der Waals surface area (Å²) in [6, 6.07) is 17.4. The van der Waals surface area contributed by atoms with Gasteiger partial charge in [0.2, 0.25) is 0 Å². The lowest BCUT2D eigenvalue weighted by molar-refractivity contribution is 0.0946. The number of benzene rings is 2. The third-order valence-corrected chi connectivity index (χ3v) is 4.13. The van der Waals surface area contributed by atoms with E-state index < -0.39 is 0 Å². The number of anilines is 1. The van der Waals surface area contributed by atoms with E-state index in [1.165, 1.54) is 11.9 Å². The second kappa shape index (κ2) is 8.80. The number of carbonyl (C=O) groups excluding carboxylic acids is 1. The summed E-state index contributed by atoms with van der Waals surface area (Å²) in [5.74, 6) is 1.14. The number of nitrogens with zero attached hydrogens (tertiary/aromatic N) is 2. The SMILES string of the molecule is COc1ccccc1CNc1cc(C(=O)NCc2ccc(C)cc2)ncn1. The van der Waals surface area contributed by atoms with Crippen LogP contribution in [-0.2, 0) is 13.1 Å². The monoisotopic (exact) mass is 362 g/mol. The number of methoxy groups -OCH3 is 1. The summed E-state index contributed by atoms with van der Waals surface area (Å²) in [5.41, 5.74) is 3.55. The second-order valence-corrected chi connectivity index (χ2v) is 6.12. The lowest BCUT2D eigenvalue weighted by Gasteiger charge is -2.10. The molecule has 3 aromatic rings. The van der Waals surface area contributed by atoms with Crippen molar-refractivity contribution >= 4 is 11.7 Å². The second-order valence-electron chi connectivity index (χ2n) is 6.12. The highest BCUT2D eigenvalue weighted by atomic mass is 16.5. The zero-order valence-corrected chi connectivity index (χ0v) is 15.4. The first-order valence-corrected chi connectivity index (χ1v) is 8.67. The van der Waals surface area contributed by atoms with E-state index in [0.29, 0.717) is 24.6 Å². The number of carbonyl (C=O) groups is 1. The van der Waals surface area contributed by atoms with E-state index in [0.717, 1.165) is 16.9 Å². The lowest BCUT2D eigenvalue weighted by Crippen LogP contribution is -2.24. The van der Waals surface area contributed by atoms with E-state index in [2.05, 4.69) is 20.6 Å². The van der Waals surface area contributed by atoms with Gasteiger partial charge in [-0.2, -0.15) is 0 Å². The number of hydrogen-bond donors (Lipinski definition) is 2. The Morgan fingerprint density at radius 1 is 1.04 bits per heavy atom. The van der Waals surface area contributed by atoms with Gasteiger partial charge >= 0.3 is 0 Å². The first-order chi connectivity index (χ1) is 13.2. The van der Waals surface area contributed by atoms with E-state index in [-0.39, 0.29) is 5.91 Å². The Balaban J connectivity index is 1.60. The summed E-state index contributed by atoms with van der Waals surface area (Å²) in [7, 11) is 1.64. The fraction of sp³-hybridized carbons (Fsp3) is 0.190. The van der Waals surface area contributed by atoms with Crippen LogP contribution in [0.2, 0.25) is 0 Å². The molecule has 0 unspecified atom stereocenters. The molecule has 0 fully saturated rings. The van der Waals surface area contributed by atoms with Crippen LogP contribution in [0.3, 0.4) is 0 Å². The molecule has 2 aromatic carbocycles. The highest BCUT2D eigenvalue weighted by Crippen LogP contribution is 2.18. The Hall–Kier alpha value is -3.41. The van der Waals surface area contributed by atoms with Gasteiger partial charge in [-0.25, -0.2) is 9.97 Å². The van der Waals surface area contributed by atoms with Gasteiger partial charge in [0.1, 0.15) is 23.6 Å². The Bertz CT molecular complexity index is 910. The Labute approximate surface area is 158 Å². The van der Waals surface area contributed by atoms with E-state index in [4.69, 9.17) is 4.74 Å². The van der Waals surface area contributed by atoms with E-state index in [1.807, 2.05) is 55.5 Å². The highest BCUT2D eigenvalue weighted by molar-refractivity contribution is 5.92. The van der Waals surface area contributed by atoms with Crippen LogP contribution in [0.25, 0.3) is 0 Å². The van der Waals surface area contributed by atoms with Crippen molar-refractivity contribution in [2.45, 2.75) is 20.0 Å². The van der Waals surface area contributed by atoms with Crippen molar-refractivity contribution in [1.82, 2.24) is 15.3 Å². The van der Waals surface area contributed by atoms with Crippen molar-refractivity contribution in [3.8, 4) is 5.75 Å². The van der Waals surface area contributed by atoms with E-state index in [1.54, 1.807) is 13.2 Å². The molecule has 2 N–H and O–H groups in total. The minimum absolute atomic E-state index is 0.238. The number of aromatic nitrogens is 2. The number of nitrogens with one attached hydrogen (secondary N) is 2. The van der Waals surface area contributed by atoms with Gasteiger partial charge in [0.15, 0.2) is 0 Å². The molecule has 0 aliphatic rings. The molecule has 138 valence electrons. The van der Waals surface area contributed by atoms with Crippen LogP contribution in [0.1, 0.15) is 27.2 Å². The normalized spacial score (nSPS) is 10.3. The summed E-state index contributed by atoms with van der Waals surface area (Å²) in [5, 5.41) is 6.08. The van der Waals surface area contributed by atoms with Gasteiger partial charge in [-0.1, -0.05) is 48.0 Å². The molecule has 3 rings (SSSR count). The average Bonchev–Trinajstić information content (AvgIpc) is 2.72. The number of hydrogen-bond acceptors (Lipinski definition) is 5. The molecule has 0 radical (unpaired) electrons. The molecule has 0 aliphatic heterocycles. The Kier molecular flexibility index (Phi) is 5.99. The summed E-state index contributed by atoms with van der Waals surface area (Å²) in [4.78, 5) is 20.6. The zero-order chi connectivity index (χ0) is 19.1. The maximum absolute atomic E-state index is 12.4. The predicted octanol–water partition coefficient (Wildman–Crippen LogP) is 3.34. The summed E-state index contributed by atoms with van der Waals surface area (Å²) >= 11 is 0. The predicted molar refractivity (Wildman–Crippen MR) is 105 cm³/mol. The van der Waals surface area contributed by atoms with E-state index in [9.17, 15) is 4.79 Å². The minimum atomic E-state index is -0.238. The number of ether oxygens (including phenoxy) is 1. The van der Waals surface area contributed by atoms with Crippen molar-refractivity contribution in [3.63, 3.8) is 0 Å². The standard InChI is InChI=1S/C21H22N4O2/c1-15-7-9-16(10-8-15)12-23-21(26)18-11-20(25-14-24-18)22-13-17-5-3-4-6-19(17)27-2/h3-11,14H,12-13H2,1-2H3,(H,23,26)(H,22,24,25). The number of para-hydroxylation sites is 1. The summed E-state index contributed by atoms with van der Waals surface area (Å²) in [6.45, 7) is 3.02. The molecule has 0 spiro atoms. The Morgan fingerprint density at radius 2 is 1.81 bits per heavy atom. The van der Waals surface area contributed by atoms with Crippen molar-refractivity contribution < 1.29 is 9.53 Å². The number of aryl methyl sites for hydroxylation is 1. The maximum Gasteiger partial charge on any atom is 0.270 e. The van der Waals surface area contributed by atoms with Crippen LogP contribution in [-0.4, -0.2) is 23.0 Å². The summed E-state index contributed by atoms with van der Waals surface area (Å²) < 4.78 is 5.34. The molecule has 0 bridgehead atoms. The fourth-order valence-corrected chi connectivity index (χ4v) is 2.59. The van der Waals surface area contributed by atoms with Crippen LogP contribution in [0, 0.1) is 6.92 Å². The van der Waals surface area contributed by atoms with Crippen LogP contribution >= 0.6 is 0 Å². The molecule has 27 heavy (non-hydrogen) atoms. The molecule has 0 saturated heterocycles. The van der Waals surface area contributed by atoms with Crippen LogP contribution in [0.15, 0.2) is 60.9 Å². The van der Waals surface area contributed by atoms with Crippen molar-refractivity contribution in [2.24, 2.45) is 0 Å². The number of amides is 1. The molecule has 6 nitrogen and oxygen atoms in total. The average molecular weight is 362 g/mol. The van der Waals surface area contributed by atoms with Gasteiger partial charge < -0.3 is 15.4 Å². The first kappa shape index (κ1) is 18.4. The largest absolute Gasteiger partial charge is 0.496 e. The molecule has 0 saturated carbocycles. The first-order valence-electron chi connectivity index (χ1n) is 8.67. The Morgan fingerprint density at radius 3 is 2.59 bits per heavy atom. The molecular weight excluding hydrogens is 340 g/mol. The van der Waals surface area contributed by atoms with E-state index >= 15 is 0 Å². The molecular formula is C21H22N4O2. The zero-order valence-electron chi connectivity index (χ0n) is 15.4. The highest BCUT2D eigenvalue weighted by Gasteiger charge is 2.09. The molecule has 1 amide bonds. The van der Waals surface area contributed by atoms with Gasteiger partial charge in [0.05, 0.1) is 7.11 Å². The van der Waals surface area contributed by atoms with Crippen LogP contribution < -0.4 is 15.4 Å².